The molecule has 0 heterocycles. The van der Waals surface area contributed by atoms with Gasteiger partial charge in [-0.15, -0.1) is 0 Å². The molecule has 0 aliphatic carbocycles. The molecule has 76 valence electrons. The highest BCUT2D eigenvalue weighted by atomic mass is 19.2. The Morgan fingerprint density at radius 1 is 1.21 bits per heavy atom. The average molecular weight is 199 g/mol. The van der Waals surface area contributed by atoms with E-state index in [2.05, 4.69) is 0 Å². The molecule has 0 bridgehead atoms. The van der Waals surface area contributed by atoms with Crippen LogP contribution in [0.5, 0.6) is 5.75 Å². The Labute approximate surface area is 81.0 Å². The van der Waals surface area contributed by atoms with Gasteiger partial charge in [0.2, 0.25) is 0 Å². The molecule has 0 atom stereocenters. The maximum Gasteiger partial charge on any atom is 0.162 e. The Balaban J connectivity index is 2.51. The van der Waals surface area contributed by atoms with Crippen LogP contribution in [0.15, 0.2) is 30.4 Å². The van der Waals surface area contributed by atoms with Gasteiger partial charge in [0.15, 0.2) is 11.6 Å². The van der Waals surface area contributed by atoms with E-state index in [4.69, 9.17) is 10.5 Å². The summed E-state index contributed by atoms with van der Waals surface area (Å²) in [6, 6.07) is 3.40. The van der Waals surface area contributed by atoms with Gasteiger partial charge in [0.1, 0.15) is 12.4 Å². The first-order chi connectivity index (χ1) is 6.74. The van der Waals surface area contributed by atoms with Gasteiger partial charge in [-0.05, 0) is 12.1 Å². The first-order valence-electron chi connectivity index (χ1n) is 4.17. The van der Waals surface area contributed by atoms with Gasteiger partial charge < -0.3 is 10.5 Å². The number of benzene rings is 1. The summed E-state index contributed by atoms with van der Waals surface area (Å²) < 4.78 is 30.2. The first-order valence-corrected chi connectivity index (χ1v) is 4.17. The van der Waals surface area contributed by atoms with Crippen LogP contribution in [-0.4, -0.2) is 13.2 Å². The van der Waals surface area contributed by atoms with Crippen molar-refractivity contribution in [1.82, 2.24) is 0 Å². The monoisotopic (exact) mass is 199 g/mol. The van der Waals surface area contributed by atoms with Crippen molar-refractivity contribution in [1.29, 1.82) is 0 Å². The van der Waals surface area contributed by atoms with Crippen LogP contribution in [0.1, 0.15) is 0 Å². The molecular weight excluding hydrogens is 188 g/mol. The molecule has 0 aliphatic rings. The van der Waals surface area contributed by atoms with Gasteiger partial charge in [0.05, 0.1) is 0 Å². The van der Waals surface area contributed by atoms with Crippen molar-refractivity contribution >= 4 is 0 Å². The number of hydrogen-bond acceptors (Lipinski definition) is 2. The lowest BCUT2D eigenvalue weighted by atomic mass is 10.3. The minimum absolute atomic E-state index is 0.294. The van der Waals surface area contributed by atoms with E-state index in [-0.39, 0.29) is 0 Å². The molecule has 0 aliphatic heterocycles. The highest BCUT2D eigenvalue weighted by Crippen LogP contribution is 2.15. The Morgan fingerprint density at radius 3 is 2.64 bits per heavy atom. The third-order valence-corrected chi connectivity index (χ3v) is 1.54. The summed E-state index contributed by atoms with van der Waals surface area (Å²) >= 11 is 0. The van der Waals surface area contributed by atoms with E-state index in [1.165, 1.54) is 6.07 Å². The van der Waals surface area contributed by atoms with Gasteiger partial charge in [-0.2, -0.15) is 0 Å². The quantitative estimate of drug-likeness (QED) is 0.751. The second-order valence-corrected chi connectivity index (χ2v) is 2.59. The van der Waals surface area contributed by atoms with Crippen LogP contribution in [-0.2, 0) is 0 Å². The highest BCUT2D eigenvalue weighted by Gasteiger charge is 2.01. The third-order valence-electron chi connectivity index (χ3n) is 1.54. The molecule has 0 aromatic heterocycles. The molecule has 1 rings (SSSR count). The van der Waals surface area contributed by atoms with Crippen LogP contribution in [0.3, 0.4) is 0 Å². The Hall–Kier alpha value is -1.42. The summed E-state index contributed by atoms with van der Waals surface area (Å²) in [6.07, 6.45) is 3.43. The van der Waals surface area contributed by atoms with Crippen LogP contribution in [0.25, 0.3) is 0 Å². The second kappa shape index (κ2) is 5.34. The largest absolute Gasteiger partial charge is 0.489 e. The molecule has 0 fully saturated rings. The smallest absolute Gasteiger partial charge is 0.162 e. The summed E-state index contributed by atoms with van der Waals surface area (Å²) in [5, 5.41) is 0. The van der Waals surface area contributed by atoms with Gasteiger partial charge in [0.25, 0.3) is 0 Å². The molecule has 14 heavy (non-hydrogen) atoms. The SMILES string of the molecule is NC/C=C/COc1ccc(F)c(F)c1. The molecule has 0 unspecified atom stereocenters. The van der Waals surface area contributed by atoms with Gasteiger partial charge in [0, 0.05) is 12.6 Å². The molecule has 4 heteroatoms. The average Bonchev–Trinajstić information content (AvgIpc) is 2.18. The molecule has 1 aromatic rings. The van der Waals surface area contributed by atoms with Crippen LogP contribution in [0.4, 0.5) is 8.78 Å². The third kappa shape index (κ3) is 3.14. The zero-order valence-electron chi connectivity index (χ0n) is 7.54. The first kappa shape index (κ1) is 10.7. The van der Waals surface area contributed by atoms with E-state index in [1.54, 1.807) is 12.2 Å². The Morgan fingerprint density at radius 2 is 2.00 bits per heavy atom. The van der Waals surface area contributed by atoms with Crippen molar-refractivity contribution in [3.63, 3.8) is 0 Å². The predicted molar refractivity (Wildman–Crippen MR) is 50.0 cm³/mol. The molecular formula is C10H11F2NO. The van der Waals surface area contributed by atoms with Gasteiger partial charge in [-0.3, -0.25) is 0 Å². The van der Waals surface area contributed by atoms with E-state index in [9.17, 15) is 8.78 Å². The van der Waals surface area contributed by atoms with Crippen molar-refractivity contribution in [3.05, 3.63) is 42.0 Å². The standard InChI is InChI=1S/C10H11F2NO/c11-9-4-3-8(7-10(9)12)14-6-2-1-5-13/h1-4,7H,5-6,13H2/b2-1+. The Kier molecular flexibility index (Phi) is 4.07. The molecule has 2 nitrogen and oxygen atoms in total. The van der Waals surface area contributed by atoms with Crippen molar-refractivity contribution < 1.29 is 13.5 Å². The van der Waals surface area contributed by atoms with E-state index in [0.717, 1.165) is 12.1 Å². The number of ether oxygens (including phenoxy) is 1. The van der Waals surface area contributed by atoms with Crippen LogP contribution in [0, 0.1) is 11.6 Å². The van der Waals surface area contributed by atoms with Crippen molar-refractivity contribution in [2.75, 3.05) is 13.2 Å². The van der Waals surface area contributed by atoms with Gasteiger partial charge >= 0.3 is 0 Å². The summed E-state index contributed by atoms with van der Waals surface area (Å²) in [5.41, 5.74) is 5.20. The van der Waals surface area contributed by atoms with Gasteiger partial charge in [-0.1, -0.05) is 12.2 Å². The predicted octanol–water partition coefficient (Wildman–Crippen LogP) is 1.86. The second-order valence-electron chi connectivity index (χ2n) is 2.59. The van der Waals surface area contributed by atoms with Crippen LogP contribution in [0.2, 0.25) is 0 Å². The van der Waals surface area contributed by atoms with E-state index in [1.807, 2.05) is 0 Å². The van der Waals surface area contributed by atoms with Crippen molar-refractivity contribution in [2.45, 2.75) is 0 Å². The molecule has 0 amide bonds. The number of hydrogen-bond donors (Lipinski definition) is 1. The number of rotatable bonds is 4. The normalized spacial score (nSPS) is 10.8. The molecule has 1 aromatic carbocycles. The summed E-state index contributed by atoms with van der Waals surface area (Å²) in [6.45, 7) is 0.726. The van der Waals surface area contributed by atoms with E-state index < -0.39 is 11.6 Å². The summed E-state index contributed by atoms with van der Waals surface area (Å²) in [5.74, 6) is -1.49. The highest BCUT2D eigenvalue weighted by molar-refractivity contribution is 5.23. The zero-order chi connectivity index (χ0) is 10.4. The molecule has 0 saturated heterocycles. The van der Waals surface area contributed by atoms with Crippen LogP contribution < -0.4 is 10.5 Å². The molecule has 0 saturated carbocycles. The topological polar surface area (TPSA) is 35.2 Å². The maximum absolute atomic E-state index is 12.7. The number of halogens is 2. The van der Waals surface area contributed by atoms with Gasteiger partial charge in [-0.25, -0.2) is 8.78 Å². The number of nitrogens with two attached hydrogens (primary N) is 1. The Bertz CT molecular complexity index is 326. The summed E-state index contributed by atoms with van der Waals surface area (Å²) in [7, 11) is 0. The van der Waals surface area contributed by atoms with Crippen molar-refractivity contribution in [3.8, 4) is 5.75 Å². The minimum Gasteiger partial charge on any atom is -0.489 e. The van der Waals surface area contributed by atoms with Crippen molar-refractivity contribution in [2.24, 2.45) is 5.73 Å². The van der Waals surface area contributed by atoms with E-state index >= 15 is 0 Å². The fraction of sp³-hybridized carbons (Fsp3) is 0.200. The minimum atomic E-state index is -0.912. The lowest BCUT2D eigenvalue weighted by Crippen LogP contribution is -1.97. The molecule has 0 radical (unpaired) electrons. The van der Waals surface area contributed by atoms with E-state index in [0.29, 0.717) is 18.9 Å². The van der Waals surface area contributed by atoms with Crippen LogP contribution >= 0.6 is 0 Å². The fourth-order valence-electron chi connectivity index (χ4n) is 0.875. The zero-order valence-corrected chi connectivity index (χ0v) is 7.54. The summed E-state index contributed by atoms with van der Waals surface area (Å²) in [4.78, 5) is 0. The molecule has 0 spiro atoms. The molecule has 2 N–H and O–H groups in total. The fourth-order valence-corrected chi connectivity index (χ4v) is 0.875. The lowest BCUT2D eigenvalue weighted by molar-refractivity contribution is 0.358. The lowest BCUT2D eigenvalue weighted by Gasteiger charge is -2.02. The maximum atomic E-state index is 12.7.